The van der Waals surface area contributed by atoms with E-state index in [2.05, 4.69) is 29.4 Å². The number of nitrogens with one attached hydrogen (secondary N) is 1. The molecule has 0 spiro atoms. The first-order valence-electron chi connectivity index (χ1n) is 8.16. The smallest absolute Gasteiger partial charge is 0.220 e. The molecule has 1 aromatic heterocycles. The molecule has 1 aliphatic heterocycles. The van der Waals surface area contributed by atoms with Crippen molar-refractivity contribution in [1.82, 2.24) is 10.3 Å². The molecule has 4 heteroatoms. The second kappa shape index (κ2) is 6.82. The van der Waals surface area contributed by atoms with Crippen molar-refractivity contribution in [3.05, 3.63) is 47.7 Å². The van der Waals surface area contributed by atoms with Gasteiger partial charge in [0.25, 0.3) is 0 Å². The summed E-state index contributed by atoms with van der Waals surface area (Å²) in [5, 5.41) is 2.95. The summed E-state index contributed by atoms with van der Waals surface area (Å²) in [6.45, 7) is 4.61. The standard InChI is InChI=1S/C19H22N2O2/c1-3-6-17(22)21-12-15-11-14-8-4-9-16(19(14)23-15)18-13(2)7-5-10-20-18/h4-5,7-10,15H,3,6,11-12H2,1-2H3,(H,21,22). The summed E-state index contributed by atoms with van der Waals surface area (Å²) in [6, 6.07) is 10.2. The van der Waals surface area contributed by atoms with E-state index < -0.39 is 0 Å². The van der Waals surface area contributed by atoms with Crippen molar-refractivity contribution in [1.29, 1.82) is 0 Å². The number of carbonyl (C=O) groups excluding carboxylic acids is 1. The topological polar surface area (TPSA) is 51.2 Å². The first-order valence-corrected chi connectivity index (χ1v) is 8.16. The second-order valence-electron chi connectivity index (χ2n) is 5.96. The number of amides is 1. The van der Waals surface area contributed by atoms with E-state index in [9.17, 15) is 4.79 Å². The van der Waals surface area contributed by atoms with Crippen molar-refractivity contribution >= 4 is 5.91 Å². The van der Waals surface area contributed by atoms with Crippen LogP contribution in [0.1, 0.15) is 30.9 Å². The van der Waals surface area contributed by atoms with Gasteiger partial charge in [-0.2, -0.15) is 0 Å². The van der Waals surface area contributed by atoms with Crippen LogP contribution in [0.4, 0.5) is 0 Å². The van der Waals surface area contributed by atoms with Gasteiger partial charge in [-0.15, -0.1) is 0 Å². The highest BCUT2D eigenvalue weighted by molar-refractivity contribution is 5.76. The van der Waals surface area contributed by atoms with E-state index >= 15 is 0 Å². The van der Waals surface area contributed by atoms with Gasteiger partial charge in [-0.05, 0) is 36.6 Å². The fraction of sp³-hybridized carbons (Fsp3) is 0.368. The quantitative estimate of drug-likeness (QED) is 0.922. The number of para-hydroxylation sites is 1. The monoisotopic (exact) mass is 310 g/mol. The predicted octanol–water partition coefficient (Wildman–Crippen LogP) is 3.28. The molecule has 1 N–H and O–H groups in total. The van der Waals surface area contributed by atoms with Crippen molar-refractivity contribution in [3.63, 3.8) is 0 Å². The van der Waals surface area contributed by atoms with E-state index in [0.717, 1.165) is 35.4 Å². The first kappa shape index (κ1) is 15.5. The number of nitrogens with zero attached hydrogens (tertiary/aromatic N) is 1. The Hall–Kier alpha value is -2.36. The summed E-state index contributed by atoms with van der Waals surface area (Å²) in [7, 11) is 0. The molecule has 2 heterocycles. The number of rotatable bonds is 5. The van der Waals surface area contributed by atoms with Crippen LogP contribution in [0, 0.1) is 6.92 Å². The van der Waals surface area contributed by atoms with Gasteiger partial charge in [-0.3, -0.25) is 9.78 Å². The van der Waals surface area contributed by atoms with Gasteiger partial charge >= 0.3 is 0 Å². The Morgan fingerprint density at radius 2 is 2.22 bits per heavy atom. The number of fused-ring (bicyclic) bond motifs is 1. The molecule has 1 aliphatic rings. The molecule has 4 nitrogen and oxygen atoms in total. The van der Waals surface area contributed by atoms with E-state index in [1.165, 1.54) is 5.56 Å². The largest absolute Gasteiger partial charge is 0.487 e. The van der Waals surface area contributed by atoms with Gasteiger partial charge in [0, 0.05) is 24.6 Å². The highest BCUT2D eigenvalue weighted by Gasteiger charge is 2.26. The fourth-order valence-electron chi connectivity index (χ4n) is 2.95. The average molecular weight is 310 g/mol. The minimum Gasteiger partial charge on any atom is -0.487 e. The first-order chi connectivity index (χ1) is 11.2. The van der Waals surface area contributed by atoms with Gasteiger partial charge in [0.2, 0.25) is 5.91 Å². The van der Waals surface area contributed by atoms with Crippen LogP contribution < -0.4 is 10.1 Å². The molecular formula is C19H22N2O2. The fourth-order valence-corrected chi connectivity index (χ4v) is 2.95. The Morgan fingerprint density at radius 1 is 1.35 bits per heavy atom. The molecule has 3 rings (SSSR count). The van der Waals surface area contributed by atoms with Gasteiger partial charge in [0.05, 0.1) is 12.2 Å². The van der Waals surface area contributed by atoms with Crippen LogP contribution in [0.25, 0.3) is 11.3 Å². The molecule has 0 saturated heterocycles. The second-order valence-corrected chi connectivity index (χ2v) is 5.96. The number of benzene rings is 1. The van der Waals surface area contributed by atoms with Crippen LogP contribution in [0.3, 0.4) is 0 Å². The maximum atomic E-state index is 11.6. The Kier molecular flexibility index (Phi) is 4.60. The lowest BCUT2D eigenvalue weighted by Gasteiger charge is -2.14. The van der Waals surface area contributed by atoms with Crippen LogP contribution in [-0.2, 0) is 11.2 Å². The maximum absolute atomic E-state index is 11.6. The van der Waals surface area contributed by atoms with E-state index in [0.29, 0.717) is 13.0 Å². The van der Waals surface area contributed by atoms with Crippen molar-refractivity contribution in [3.8, 4) is 17.0 Å². The van der Waals surface area contributed by atoms with Gasteiger partial charge in [0.1, 0.15) is 11.9 Å². The lowest BCUT2D eigenvalue weighted by Crippen LogP contribution is -2.34. The summed E-state index contributed by atoms with van der Waals surface area (Å²) in [6.07, 6.45) is 4.05. The van der Waals surface area contributed by atoms with Crippen molar-refractivity contribution in [2.75, 3.05) is 6.54 Å². The third kappa shape index (κ3) is 3.36. The summed E-state index contributed by atoms with van der Waals surface area (Å²) >= 11 is 0. The number of ether oxygens (including phenoxy) is 1. The molecule has 1 atom stereocenters. The average Bonchev–Trinajstić information content (AvgIpc) is 2.97. The molecule has 0 aliphatic carbocycles. The lowest BCUT2D eigenvalue weighted by molar-refractivity contribution is -0.121. The summed E-state index contributed by atoms with van der Waals surface area (Å²) in [5.74, 6) is 0.997. The van der Waals surface area contributed by atoms with E-state index in [-0.39, 0.29) is 12.0 Å². The zero-order valence-electron chi connectivity index (χ0n) is 13.6. The molecule has 1 amide bonds. The SMILES string of the molecule is CCCC(=O)NCC1Cc2cccc(-c3ncccc3C)c2O1. The molecular weight excluding hydrogens is 288 g/mol. The molecule has 1 unspecified atom stereocenters. The molecule has 0 saturated carbocycles. The molecule has 120 valence electrons. The van der Waals surface area contributed by atoms with E-state index in [1.807, 2.05) is 25.1 Å². The van der Waals surface area contributed by atoms with Gasteiger partial charge in [-0.1, -0.05) is 25.1 Å². The molecule has 1 aromatic carbocycles. The summed E-state index contributed by atoms with van der Waals surface area (Å²) in [4.78, 5) is 16.1. The van der Waals surface area contributed by atoms with Gasteiger partial charge in [-0.25, -0.2) is 0 Å². The number of hydrogen-bond donors (Lipinski definition) is 1. The summed E-state index contributed by atoms with van der Waals surface area (Å²) in [5.41, 5.74) is 4.30. The van der Waals surface area contributed by atoms with E-state index in [4.69, 9.17) is 4.74 Å². The molecule has 0 fully saturated rings. The minimum atomic E-state index is -0.00373. The van der Waals surface area contributed by atoms with Gasteiger partial charge in [0.15, 0.2) is 0 Å². The number of pyridine rings is 1. The molecule has 2 aromatic rings. The molecule has 0 bridgehead atoms. The zero-order valence-corrected chi connectivity index (χ0v) is 13.6. The Labute approximate surface area is 136 Å². The lowest BCUT2D eigenvalue weighted by atomic mass is 10.0. The van der Waals surface area contributed by atoms with Crippen molar-refractivity contribution in [2.45, 2.75) is 39.2 Å². The normalized spacial score (nSPS) is 15.8. The van der Waals surface area contributed by atoms with Crippen LogP contribution in [0.15, 0.2) is 36.5 Å². The number of aryl methyl sites for hydroxylation is 1. The number of carbonyl (C=O) groups is 1. The summed E-state index contributed by atoms with van der Waals surface area (Å²) < 4.78 is 6.12. The molecule has 0 radical (unpaired) electrons. The highest BCUT2D eigenvalue weighted by Crippen LogP contribution is 2.38. The Balaban J connectivity index is 1.77. The zero-order chi connectivity index (χ0) is 16.2. The minimum absolute atomic E-state index is 0.00373. The van der Waals surface area contributed by atoms with Crippen LogP contribution in [0.5, 0.6) is 5.75 Å². The van der Waals surface area contributed by atoms with Crippen LogP contribution in [-0.4, -0.2) is 23.5 Å². The number of hydrogen-bond acceptors (Lipinski definition) is 3. The highest BCUT2D eigenvalue weighted by atomic mass is 16.5. The van der Waals surface area contributed by atoms with Crippen molar-refractivity contribution < 1.29 is 9.53 Å². The van der Waals surface area contributed by atoms with Gasteiger partial charge < -0.3 is 10.1 Å². The third-order valence-electron chi connectivity index (χ3n) is 4.10. The predicted molar refractivity (Wildman–Crippen MR) is 90.4 cm³/mol. The third-order valence-corrected chi connectivity index (χ3v) is 4.10. The number of aromatic nitrogens is 1. The maximum Gasteiger partial charge on any atom is 0.220 e. The molecule has 23 heavy (non-hydrogen) atoms. The van der Waals surface area contributed by atoms with E-state index in [1.54, 1.807) is 6.20 Å². The Bertz CT molecular complexity index is 712. The Morgan fingerprint density at radius 3 is 3.00 bits per heavy atom. The van der Waals surface area contributed by atoms with Crippen LogP contribution in [0.2, 0.25) is 0 Å². The van der Waals surface area contributed by atoms with Crippen LogP contribution >= 0.6 is 0 Å². The van der Waals surface area contributed by atoms with Crippen molar-refractivity contribution in [2.24, 2.45) is 0 Å².